The van der Waals surface area contributed by atoms with E-state index in [1.165, 1.54) is 4.68 Å². The highest BCUT2D eigenvalue weighted by Gasteiger charge is 2.13. The predicted octanol–water partition coefficient (Wildman–Crippen LogP) is 1.98. The summed E-state index contributed by atoms with van der Waals surface area (Å²) in [5.41, 5.74) is 2.39. The molecule has 0 bridgehead atoms. The fourth-order valence-corrected chi connectivity index (χ4v) is 3.47. The Morgan fingerprint density at radius 3 is 2.75 bits per heavy atom. The summed E-state index contributed by atoms with van der Waals surface area (Å²) in [6.07, 6.45) is 0. The minimum atomic E-state index is -0.240. The molecule has 0 saturated carbocycles. The molecule has 0 spiro atoms. The number of hydrogen-bond donors (Lipinski definition) is 1. The number of aromatic nitrogens is 4. The summed E-state index contributed by atoms with van der Waals surface area (Å²) in [4.78, 5) is 25.2. The Balaban J connectivity index is 1.62. The van der Waals surface area contributed by atoms with Crippen LogP contribution in [0.5, 0.6) is 0 Å². The van der Waals surface area contributed by atoms with E-state index in [1.807, 2.05) is 18.2 Å². The van der Waals surface area contributed by atoms with Gasteiger partial charge in [-0.05, 0) is 24.3 Å². The topological polar surface area (TPSA) is 99.0 Å². The van der Waals surface area contributed by atoms with Crippen molar-refractivity contribution in [1.82, 2.24) is 23.8 Å². The normalized spacial score (nSPS) is 11.2. The number of carbonyl (C=O) groups is 1. The summed E-state index contributed by atoms with van der Waals surface area (Å²) in [7, 11) is 1.57. The smallest absolute Gasteiger partial charge is 0.274 e. The minimum absolute atomic E-state index is 0.177. The summed E-state index contributed by atoms with van der Waals surface area (Å²) < 4.78 is 14.7. The lowest BCUT2D eigenvalue weighted by atomic mass is 10.1. The van der Waals surface area contributed by atoms with E-state index in [2.05, 4.69) is 19.2 Å². The standard InChI is InChI=1S/C19H17N5O3S/c1-27-9-8-24-19(26)14-5-3-2-4-13(14)17(21-24)11-20-18(25)12-6-7-15-16(10-12)23-28-22-15/h2-7,10H,8-9,11H2,1H3,(H,20,25). The lowest BCUT2D eigenvalue weighted by molar-refractivity contribution is 0.0950. The van der Waals surface area contributed by atoms with Crippen LogP contribution in [0.15, 0.2) is 47.3 Å². The lowest BCUT2D eigenvalue weighted by Crippen LogP contribution is -2.29. The summed E-state index contributed by atoms with van der Waals surface area (Å²) in [5, 5.41) is 8.59. The van der Waals surface area contributed by atoms with E-state index in [4.69, 9.17) is 4.74 Å². The van der Waals surface area contributed by atoms with Gasteiger partial charge >= 0.3 is 0 Å². The second-order valence-electron chi connectivity index (χ2n) is 6.16. The van der Waals surface area contributed by atoms with Crippen LogP contribution < -0.4 is 10.9 Å². The van der Waals surface area contributed by atoms with Crippen LogP contribution in [0.3, 0.4) is 0 Å². The molecule has 28 heavy (non-hydrogen) atoms. The van der Waals surface area contributed by atoms with Gasteiger partial charge in [0.15, 0.2) is 0 Å². The van der Waals surface area contributed by atoms with Gasteiger partial charge in [0.1, 0.15) is 11.0 Å². The van der Waals surface area contributed by atoms with Crippen LogP contribution in [0.4, 0.5) is 0 Å². The van der Waals surface area contributed by atoms with Gasteiger partial charge in [-0.2, -0.15) is 13.8 Å². The Labute approximate surface area is 164 Å². The maximum absolute atomic E-state index is 12.6. The number of carbonyl (C=O) groups excluding carboxylic acids is 1. The molecule has 2 heterocycles. The highest BCUT2D eigenvalue weighted by Crippen LogP contribution is 2.15. The van der Waals surface area contributed by atoms with Gasteiger partial charge in [-0.3, -0.25) is 9.59 Å². The summed E-state index contributed by atoms with van der Waals surface area (Å²) in [6.45, 7) is 0.910. The Kier molecular flexibility index (Phi) is 5.09. The Bertz CT molecular complexity index is 1220. The van der Waals surface area contributed by atoms with Crippen molar-refractivity contribution in [2.75, 3.05) is 13.7 Å². The van der Waals surface area contributed by atoms with E-state index in [-0.39, 0.29) is 18.0 Å². The maximum Gasteiger partial charge on any atom is 0.274 e. The fraction of sp³-hybridized carbons (Fsp3) is 0.211. The molecule has 0 unspecified atom stereocenters. The zero-order valence-corrected chi connectivity index (χ0v) is 15.9. The Hall–Kier alpha value is -3.17. The molecule has 0 saturated heterocycles. The molecule has 9 heteroatoms. The predicted molar refractivity (Wildman–Crippen MR) is 106 cm³/mol. The Morgan fingerprint density at radius 2 is 1.93 bits per heavy atom. The third-order valence-corrected chi connectivity index (χ3v) is 4.94. The zero-order chi connectivity index (χ0) is 19.5. The first-order valence-electron chi connectivity index (χ1n) is 8.65. The van der Waals surface area contributed by atoms with Crippen molar-refractivity contribution in [2.45, 2.75) is 13.1 Å². The first kappa shape index (κ1) is 18.2. The molecular weight excluding hydrogens is 378 g/mol. The molecule has 8 nitrogen and oxygen atoms in total. The summed E-state index contributed by atoms with van der Waals surface area (Å²) in [6, 6.07) is 12.4. The Morgan fingerprint density at radius 1 is 1.14 bits per heavy atom. The van der Waals surface area contributed by atoms with E-state index in [0.29, 0.717) is 35.3 Å². The summed E-state index contributed by atoms with van der Waals surface area (Å²) >= 11 is 1.11. The molecule has 0 aliphatic carbocycles. The van der Waals surface area contributed by atoms with Gasteiger partial charge in [-0.1, -0.05) is 18.2 Å². The van der Waals surface area contributed by atoms with Crippen molar-refractivity contribution in [3.8, 4) is 0 Å². The van der Waals surface area contributed by atoms with E-state index in [9.17, 15) is 9.59 Å². The maximum atomic E-state index is 12.6. The SMILES string of the molecule is COCCn1nc(CNC(=O)c2ccc3nsnc3c2)c2ccccc2c1=O. The zero-order valence-electron chi connectivity index (χ0n) is 15.1. The van der Waals surface area contributed by atoms with Crippen molar-refractivity contribution in [3.05, 3.63) is 64.1 Å². The molecule has 4 aromatic rings. The number of nitrogens with zero attached hydrogens (tertiary/aromatic N) is 4. The average molecular weight is 395 g/mol. The molecule has 0 fully saturated rings. The number of amides is 1. The fourth-order valence-electron chi connectivity index (χ4n) is 2.95. The van der Waals surface area contributed by atoms with Gasteiger partial charge in [0.2, 0.25) is 0 Å². The molecule has 2 aromatic heterocycles. The first-order valence-corrected chi connectivity index (χ1v) is 9.38. The van der Waals surface area contributed by atoms with E-state index >= 15 is 0 Å². The van der Waals surface area contributed by atoms with Gasteiger partial charge in [-0.25, -0.2) is 4.68 Å². The number of rotatable bonds is 6. The number of benzene rings is 2. The van der Waals surface area contributed by atoms with Crippen molar-refractivity contribution >= 4 is 39.4 Å². The van der Waals surface area contributed by atoms with E-state index in [1.54, 1.807) is 31.4 Å². The highest BCUT2D eigenvalue weighted by molar-refractivity contribution is 7.00. The van der Waals surface area contributed by atoms with Crippen LogP contribution in [0.2, 0.25) is 0 Å². The van der Waals surface area contributed by atoms with E-state index < -0.39 is 0 Å². The van der Waals surface area contributed by atoms with Crippen LogP contribution in [0.25, 0.3) is 21.8 Å². The van der Waals surface area contributed by atoms with E-state index in [0.717, 1.165) is 22.6 Å². The molecule has 0 atom stereocenters. The molecule has 2 aromatic carbocycles. The van der Waals surface area contributed by atoms with Crippen LogP contribution in [0.1, 0.15) is 16.1 Å². The van der Waals surface area contributed by atoms with Gasteiger partial charge in [0.25, 0.3) is 11.5 Å². The number of fused-ring (bicyclic) bond motifs is 2. The van der Waals surface area contributed by atoms with Crippen molar-refractivity contribution in [1.29, 1.82) is 0 Å². The largest absolute Gasteiger partial charge is 0.383 e. The number of ether oxygens (including phenoxy) is 1. The number of nitrogens with one attached hydrogen (secondary N) is 1. The lowest BCUT2D eigenvalue weighted by Gasteiger charge is -2.11. The summed E-state index contributed by atoms with van der Waals surface area (Å²) in [5.74, 6) is -0.240. The number of hydrogen-bond acceptors (Lipinski definition) is 7. The van der Waals surface area contributed by atoms with Crippen molar-refractivity contribution < 1.29 is 9.53 Å². The molecule has 0 aliphatic heterocycles. The van der Waals surface area contributed by atoms with Gasteiger partial charge in [0.05, 0.1) is 42.5 Å². The van der Waals surface area contributed by atoms with Crippen LogP contribution in [-0.2, 0) is 17.8 Å². The van der Waals surface area contributed by atoms with Crippen LogP contribution in [0, 0.1) is 0 Å². The molecule has 1 amide bonds. The van der Waals surface area contributed by atoms with Crippen molar-refractivity contribution in [2.24, 2.45) is 0 Å². The molecule has 142 valence electrons. The van der Waals surface area contributed by atoms with Crippen molar-refractivity contribution in [3.63, 3.8) is 0 Å². The number of methoxy groups -OCH3 is 1. The monoisotopic (exact) mass is 395 g/mol. The molecular formula is C19H17N5O3S. The highest BCUT2D eigenvalue weighted by atomic mass is 32.1. The third-order valence-electron chi connectivity index (χ3n) is 4.38. The second-order valence-corrected chi connectivity index (χ2v) is 6.69. The quantitative estimate of drug-likeness (QED) is 0.536. The first-order chi connectivity index (χ1) is 13.7. The van der Waals surface area contributed by atoms with Gasteiger partial charge in [-0.15, -0.1) is 0 Å². The average Bonchev–Trinajstić information content (AvgIpc) is 3.20. The van der Waals surface area contributed by atoms with Crippen LogP contribution in [-0.4, -0.2) is 38.2 Å². The second kappa shape index (κ2) is 7.83. The van der Waals surface area contributed by atoms with Gasteiger partial charge in [0, 0.05) is 18.1 Å². The molecule has 0 radical (unpaired) electrons. The van der Waals surface area contributed by atoms with Gasteiger partial charge < -0.3 is 10.1 Å². The van der Waals surface area contributed by atoms with Crippen LogP contribution >= 0.6 is 11.7 Å². The molecule has 4 rings (SSSR count). The molecule has 1 N–H and O–H groups in total. The molecule has 0 aliphatic rings. The third kappa shape index (κ3) is 3.49. The minimum Gasteiger partial charge on any atom is -0.383 e.